The number of halogens is 2. The average Bonchev–Trinajstić information content (AvgIpc) is 3.12. The highest BCUT2D eigenvalue weighted by molar-refractivity contribution is 8.18. The highest BCUT2D eigenvalue weighted by atomic mass is 35.5. The monoisotopic (exact) mass is 554 g/mol. The molecule has 0 spiro atoms. The lowest BCUT2D eigenvalue weighted by atomic mass is 9.48. The van der Waals surface area contributed by atoms with Gasteiger partial charge in [0.25, 0.3) is 11.1 Å². The number of amides is 3. The molecule has 1 aliphatic heterocycles. The van der Waals surface area contributed by atoms with E-state index in [1.807, 2.05) is 6.07 Å². The van der Waals surface area contributed by atoms with Crippen LogP contribution in [0.15, 0.2) is 41.3 Å². The van der Waals surface area contributed by atoms with E-state index in [2.05, 4.69) is 17.4 Å². The minimum absolute atomic E-state index is 0.137. The highest BCUT2D eigenvalue weighted by Gasteiger charge is 2.51. The van der Waals surface area contributed by atoms with Crippen molar-refractivity contribution in [3.05, 3.63) is 63.3 Å². The van der Waals surface area contributed by atoms with Crippen LogP contribution < -0.4 is 10.1 Å². The van der Waals surface area contributed by atoms with Crippen molar-refractivity contribution < 1.29 is 23.5 Å². The Kier molecular flexibility index (Phi) is 6.51. The number of ether oxygens (including phenoxy) is 1. The second-order valence-electron chi connectivity index (χ2n) is 11.1. The number of carbonyl (C=O) groups excluding carboxylic acids is 3. The third-order valence-corrected chi connectivity index (χ3v) is 9.74. The molecule has 6 nitrogen and oxygen atoms in total. The van der Waals surface area contributed by atoms with E-state index in [1.165, 1.54) is 56.2 Å². The van der Waals surface area contributed by atoms with Gasteiger partial charge in [0.05, 0.1) is 17.0 Å². The molecule has 1 N–H and O–H groups in total. The third-order valence-electron chi connectivity index (χ3n) is 8.55. The van der Waals surface area contributed by atoms with Crippen LogP contribution in [0.4, 0.5) is 14.9 Å². The lowest BCUT2D eigenvalue weighted by Gasteiger charge is -2.57. The van der Waals surface area contributed by atoms with Crippen LogP contribution in [0.2, 0.25) is 5.02 Å². The maximum Gasteiger partial charge on any atom is 0.294 e. The summed E-state index contributed by atoms with van der Waals surface area (Å²) in [5, 5.41) is 1.89. The molecule has 38 heavy (non-hydrogen) atoms. The Morgan fingerprint density at radius 3 is 2.45 bits per heavy atom. The van der Waals surface area contributed by atoms with Gasteiger partial charge in [-0.3, -0.25) is 19.3 Å². The van der Waals surface area contributed by atoms with Gasteiger partial charge in [0.1, 0.15) is 18.1 Å². The average molecular weight is 555 g/mol. The molecular weight excluding hydrogens is 527 g/mol. The molecular formula is C29H28ClFN2O4S. The van der Waals surface area contributed by atoms with Crippen LogP contribution in [0.25, 0.3) is 6.08 Å². The van der Waals surface area contributed by atoms with Crippen LogP contribution in [-0.2, 0) is 15.0 Å². The van der Waals surface area contributed by atoms with Crippen molar-refractivity contribution in [1.29, 1.82) is 0 Å². The Labute approximate surface area is 229 Å². The molecule has 3 amide bonds. The quantitative estimate of drug-likeness (QED) is 0.406. The van der Waals surface area contributed by atoms with Gasteiger partial charge in [0.15, 0.2) is 0 Å². The van der Waals surface area contributed by atoms with Gasteiger partial charge in [-0.05, 0) is 115 Å². The summed E-state index contributed by atoms with van der Waals surface area (Å²) in [5.74, 6) is 1.33. The summed E-state index contributed by atoms with van der Waals surface area (Å²) in [7, 11) is 1.59. The van der Waals surface area contributed by atoms with Crippen LogP contribution in [0, 0.1) is 23.6 Å². The number of thioether (sulfide) groups is 1. The zero-order valence-electron chi connectivity index (χ0n) is 21.0. The van der Waals surface area contributed by atoms with Crippen molar-refractivity contribution >= 4 is 52.2 Å². The fourth-order valence-electron chi connectivity index (χ4n) is 7.34. The smallest absolute Gasteiger partial charge is 0.294 e. The number of imide groups is 1. The molecule has 2 aromatic carbocycles. The number of methoxy groups -OCH3 is 1. The van der Waals surface area contributed by atoms with Crippen LogP contribution in [0.1, 0.15) is 49.7 Å². The minimum Gasteiger partial charge on any atom is -0.496 e. The molecule has 198 valence electrons. The van der Waals surface area contributed by atoms with E-state index in [1.54, 1.807) is 13.2 Å². The molecule has 9 heteroatoms. The summed E-state index contributed by atoms with van der Waals surface area (Å²) in [5.41, 5.74) is 2.51. The maximum atomic E-state index is 13.4. The highest BCUT2D eigenvalue weighted by Crippen LogP contribution is 2.61. The number of rotatable bonds is 6. The molecule has 0 radical (unpaired) electrons. The number of hydrogen-bond donors (Lipinski definition) is 1. The molecule has 4 bridgehead atoms. The number of nitrogens with zero attached hydrogens (tertiary/aromatic N) is 1. The fourth-order valence-corrected chi connectivity index (χ4v) is 8.35. The van der Waals surface area contributed by atoms with Gasteiger partial charge in [-0.1, -0.05) is 17.7 Å². The number of anilines is 1. The standard InChI is InChI=1S/C29H28ClFN2O4S/c1-37-24-5-2-20(29-12-16-6-17(13-29)8-18(7-16)14-29)9-19(24)10-25-27(35)33(28(36)38-25)15-26(34)32-21-3-4-23(31)22(30)11-21/h2-5,9-11,16-18H,6-8,12-15H2,1H3,(H,32,34)/b25-10+. The maximum absolute atomic E-state index is 13.4. The third kappa shape index (κ3) is 4.62. The Balaban J connectivity index is 1.22. The molecule has 1 heterocycles. The van der Waals surface area contributed by atoms with Gasteiger partial charge >= 0.3 is 0 Å². The van der Waals surface area contributed by atoms with Crippen molar-refractivity contribution in [2.45, 2.75) is 43.9 Å². The normalized spacial score (nSPS) is 28.9. The van der Waals surface area contributed by atoms with E-state index in [9.17, 15) is 18.8 Å². The van der Waals surface area contributed by atoms with E-state index >= 15 is 0 Å². The van der Waals surface area contributed by atoms with Crippen molar-refractivity contribution in [1.82, 2.24) is 4.90 Å². The van der Waals surface area contributed by atoms with E-state index in [0.29, 0.717) is 5.75 Å². The number of benzene rings is 2. The second kappa shape index (κ2) is 9.72. The number of nitrogens with one attached hydrogen (secondary N) is 1. The van der Waals surface area contributed by atoms with Gasteiger partial charge in [-0.15, -0.1) is 0 Å². The topological polar surface area (TPSA) is 75.7 Å². The first kappa shape index (κ1) is 25.4. The lowest BCUT2D eigenvalue weighted by Crippen LogP contribution is -2.48. The van der Waals surface area contributed by atoms with Crippen LogP contribution in [0.5, 0.6) is 5.75 Å². The molecule has 1 saturated heterocycles. The Hall–Kier alpha value is -2.84. The summed E-state index contributed by atoms with van der Waals surface area (Å²) in [6, 6.07) is 10.0. The Morgan fingerprint density at radius 1 is 1.13 bits per heavy atom. The molecule has 0 atom stereocenters. The van der Waals surface area contributed by atoms with Gasteiger partial charge in [-0.25, -0.2) is 4.39 Å². The SMILES string of the molecule is COc1ccc(C23CC4CC(CC(C4)C2)C3)cc1/C=C1/SC(=O)N(CC(=O)Nc2ccc(F)c(Cl)c2)C1=O. The van der Waals surface area contributed by atoms with Gasteiger partial charge in [0.2, 0.25) is 5.91 Å². The first-order valence-electron chi connectivity index (χ1n) is 12.9. The molecule has 5 aliphatic rings. The number of hydrogen-bond acceptors (Lipinski definition) is 5. The summed E-state index contributed by atoms with van der Waals surface area (Å²) in [4.78, 5) is 39.5. The van der Waals surface area contributed by atoms with Crippen LogP contribution in [0.3, 0.4) is 0 Å². The van der Waals surface area contributed by atoms with E-state index in [-0.39, 0.29) is 21.0 Å². The molecule has 0 unspecified atom stereocenters. The summed E-state index contributed by atoms with van der Waals surface area (Å²) in [6.45, 7) is -0.457. The summed E-state index contributed by atoms with van der Waals surface area (Å²) in [6.07, 6.45) is 9.43. The van der Waals surface area contributed by atoms with Gasteiger partial charge in [-0.2, -0.15) is 0 Å². The zero-order valence-corrected chi connectivity index (χ0v) is 22.5. The first-order chi connectivity index (χ1) is 18.2. The lowest BCUT2D eigenvalue weighted by molar-refractivity contribution is -0.127. The predicted octanol–water partition coefficient (Wildman–Crippen LogP) is 6.63. The predicted molar refractivity (Wildman–Crippen MR) is 146 cm³/mol. The fraction of sp³-hybridized carbons (Fsp3) is 0.414. The molecule has 4 aliphatic carbocycles. The Bertz CT molecular complexity index is 1340. The summed E-state index contributed by atoms with van der Waals surface area (Å²) >= 11 is 6.57. The number of carbonyl (C=O) groups is 3. The summed E-state index contributed by atoms with van der Waals surface area (Å²) < 4.78 is 19.0. The second-order valence-corrected chi connectivity index (χ2v) is 12.5. The minimum atomic E-state index is -0.608. The molecule has 7 rings (SSSR count). The van der Waals surface area contributed by atoms with Crippen molar-refractivity contribution in [3.63, 3.8) is 0 Å². The molecule has 5 fully saturated rings. The first-order valence-corrected chi connectivity index (χ1v) is 14.1. The van der Waals surface area contributed by atoms with E-state index in [4.69, 9.17) is 16.3 Å². The van der Waals surface area contributed by atoms with Gasteiger partial charge in [0, 0.05) is 11.3 Å². The molecule has 2 aromatic rings. The van der Waals surface area contributed by atoms with Crippen molar-refractivity contribution in [3.8, 4) is 5.75 Å². The Morgan fingerprint density at radius 2 is 1.82 bits per heavy atom. The zero-order chi connectivity index (χ0) is 26.6. The van der Waals surface area contributed by atoms with Crippen molar-refractivity contribution in [2.75, 3.05) is 19.0 Å². The van der Waals surface area contributed by atoms with E-state index in [0.717, 1.165) is 46.0 Å². The van der Waals surface area contributed by atoms with Crippen LogP contribution >= 0.6 is 23.4 Å². The largest absolute Gasteiger partial charge is 0.496 e. The van der Waals surface area contributed by atoms with Crippen molar-refractivity contribution in [2.24, 2.45) is 17.8 Å². The van der Waals surface area contributed by atoms with E-state index < -0.39 is 29.4 Å². The van der Waals surface area contributed by atoms with Crippen LogP contribution in [-0.4, -0.2) is 35.6 Å². The van der Waals surface area contributed by atoms with Gasteiger partial charge < -0.3 is 10.1 Å². The molecule has 0 aromatic heterocycles. The molecule has 4 saturated carbocycles.